The van der Waals surface area contributed by atoms with E-state index in [4.69, 9.17) is 0 Å². The predicted octanol–water partition coefficient (Wildman–Crippen LogP) is 3.52. The second-order valence-electron chi connectivity index (χ2n) is 3.97. The van der Waals surface area contributed by atoms with Gasteiger partial charge in [-0.05, 0) is 36.5 Å². The van der Waals surface area contributed by atoms with Crippen molar-refractivity contribution in [2.45, 2.75) is 44.4 Å². The molecule has 70 valence electrons. The Hall–Kier alpha value is -0.850. The van der Waals surface area contributed by atoms with Gasteiger partial charge in [-0.1, -0.05) is 25.7 Å². The van der Waals surface area contributed by atoms with Crippen molar-refractivity contribution in [2.75, 3.05) is 0 Å². The molecule has 0 spiro atoms. The topological polar surface area (TPSA) is 12.9 Å². The van der Waals surface area contributed by atoms with Crippen molar-refractivity contribution < 1.29 is 0 Å². The van der Waals surface area contributed by atoms with Gasteiger partial charge in [0.2, 0.25) is 0 Å². The molecule has 1 fully saturated rings. The van der Waals surface area contributed by atoms with Crippen molar-refractivity contribution in [3.05, 3.63) is 30.1 Å². The number of pyridine rings is 1. The highest BCUT2D eigenvalue weighted by atomic mass is 14.6. The number of rotatable bonds is 1. The fourth-order valence-electron chi connectivity index (χ4n) is 2.25. The summed E-state index contributed by atoms with van der Waals surface area (Å²) in [5.74, 6) is 0.811. The molecular weight excluding hydrogens is 158 g/mol. The minimum Gasteiger partial charge on any atom is -0.265 e. The number of hydrogen-bond acceptors (Lipinski definition) is 1. The molecule has 0 aliphatic heterocycles. The SMILES string of the molecule is c1cc(C2CCCCCC2)ccn1. The summed E-state index contributed by atoms with van der Waals surface area (Å²) in [6, 6.07) is 4.35. The van der Waals surface area contributed by atoms with Crippen LogP contribution in [0.4, 0.5) is 0 Å². The largest absolute Gasteiger partial charge is 0.265 e. The van der Waals surface area contributed by atoms with Gasteiger partial charge in [0.15, 0.2) is 0 Å². The first-order valence-corrected chi connectivity index (χ1v) is 5.37. The Morgan fingerprint density at radius 3 is 2.15 bits per heavy atom. The molecule has 1 saturated carbocycles. The zero-order valence-electron chi connectivity index (χ0n) is 8.08. The van der Waals surface area contributed by atoms with Crippen molar-refractivity contribution in [1.29, 1.82) is 0 Å². The molecular formula is C12H17N. The molecule has 0 aromatic carbocycles. The monoisotopic (exact) mass is 175 g/mol. The Kier molecular flexibility index (Phi) is 2.96. The lowest BCUT2D eigenvalue weighted by Crippen LogP contribution is -1.96. The van der Waals surface area contributed by atoms with Gasteiger partial charge in [-0.25, -0.2) is 0 Å². The maximum atomic E-state index is 4.06. The van der Waals surface area contributed by atoms with Gasteiger partial charge in [-0.2, -0.15) is 0 Å². The molecule has 1 aliphatic carbocycles. The highest BCUT2D eigenvalue weighted by Gasteiger charge is 2.13. The first kappa shape index (κ1) is 8.74. The maximum absolute atomic E-state index is 4.06. The van der Waals surface area contributed by atoms with Crippen LogP contribution in [0.3, 0.4) is 0 Å². The van der Waals surface area contributed by atoms with Crippen LogP contribution in [0, 0.1) is 0 Å². The second kappa shape index (κ2) is 4.40. The van der Waals surface area contributed by atoms with E-state index in [0.717, 1.165) is 5.92 Å². The van der Waals surface area contributed by atoms with Crippen molar-refractivity contribution >= 4 is 0 Å². The van der Waals surface area contributed by atoms with Gasteiger partial charge < -0.3 is 0 Å². The number of hydrogen-bond donors (Lipinski definition) is 0. The Bertz CT molecular complexity index is 235. The first-order chi connectivity index (χ1) is 6.47. The molecule has 1 nitrogen and oxygen atoms in total. The van der Waals surface area contributed by atoms with E-state index in [-0.39, 0.29) is 0 Å². The maximum Gasteiger partial charge on any atom is 0.0270 e. The zero-order valence-corrected chi connectivity index (χ0v) is 8.08. The van der Waals surface area contributed by atoms with Crippen molar-refractivity contribution in [3.63, 3.8) is 0 Å². The lowest BCUT2D eigenvalue weighted by Gasteiger charge is -2.13. The van der Waals surface area contributed by atoms with Crippen LogP contribution in [-0.2, 0) is 0 Å². The molecule has 0 N–H and O–H groups in total. The van der Waals surface area contributed by atoms with Crippen LogP contribution in [0.2, 0.25) is 0 Å². The first-order valence-electron chi connectivity index (χ1n) is 5.37. The molecule has 1 aliphatic rings. The lowest BCUT2D eigenvalue weighted by molar-refractivity contribution is 0.592. The van der Waals surface area contributed by atoms with Crippen LogP contribution < -0.4 is 0 Å². The molecule has 1 heterocycles. The van der Waals surface area contributed by atoms with E-state index >= 15 is 0 Å². The fourth-order valence-corrected chi connectivity index (χ4v) is 2.25. The highest BCUT2D eigenvalue weighted by Crippen LogP contribution is 2.30. The van der Waals surface area contributed by atoms with E-state index in [1.807, 2.05) is 12.4 Å². The minimum absolute atomic E-state index is 0.811. The smallest absolute Gasteiger partial charge is 0.0270 e. The highest BCUT2D eigenvalue weighted by molar-refractivity contribution is 5.15. The summed E-state index contributed by atoms with van der Waals surface area (Å²) in [6.07, 6.45) is 12.3. The molecule has 1 heteroatoms. The Balaban J connectivity index is 2.06. The van der Waals surface area contributed by atoms with E-state index in [1.54, 1.807) is 0 Å². The standard InChI is InChI=1S/C12H17N/c1-2-4-6-11(5-3-1)12-7-9-13-10-8-12/h7-11H,1-6H2. The summed E-state index contributed by atoms with van der Waals surface area (Å²) in [5, 5.41) is 0. The second-order valence-corrected chi connectivity index (χ2v) is 3.97. The van der Waals surface area contributed by atoms with E-state index in [2.05, 4.69) is 17.1 Å². The van der Waals surface area contributed by atoms with E-state index in [0.29, 0.717) is 0 Å². The third-order valence-corrected chi connectivity index (χ3v) is 3.03. The lowest BCUT2D eigenvalue weighted by atomic mass is 9.93. The summed E-state index contributed by atoms with van der Waals surface area (Å²) in [7, 11) is 0. The summed E-state index contributed by atoms with van der Waals surface area (Å²) in [5.41, 5.74) is 1.50. The molecule has 0 atom stereocenters. The van der Waals surface area contributed by atoms with Crippen molar-refractivity contribution in [1.82, 2.24) is 4.98 Å². The van der Waals surface area contributed by atoms with Crippen LogP contribution >= 0.6 is 0 Å². The number of aromatic nitrogens is 1. The Morgan fingerprint density at radius 1 is 0.923 bits per heavy atom. The summed E-state index contributed by atoms with van der Waals surface area (Å²) in [4.78, 5) is 4.06. The molecule has 0 radical (unpaired) electrons. The van der Waals surface area contributed by atoms with E-state index in [9.17, 15) is 0 Å². The molecule has 2 rings (SSSR count). The third kappa shape index (κ3) is 2.30. The van der Waals surface area contributed by atoms with Crippen molar-refractivity contribution in [3.8, 4) is 0 Å². The van der Waals surface area contributed by atoms with Crippen LogP contribution in [-0.4, -0.2) is 4.98 Å². The average molecular weight is 175 g/mol. The molecule has 0 saturated heterocycles. The summed E-state index contributed by atoms with van der Waals surface area (Å²) in [6.45, 7) is 0. The molecule has 1 aromatic rings. The van der Waals surface area contributed by atoms with Crippen molar-refractivity contribution in [2.24, 2.45) is 0 Å². The van der Waals surface area contributed by atoms with Gasteiger partial charge in [-0.3, -0.25) is 4.98 Å². The molecule has 13 heavy (non-hydrogen) atoms. The van der Waals surface area contributed by atoms with Gasteiger partial charge in [0, 0.05) is 12.4 Å². The Morgan fingerprint density at radius 2 is 1.54 bits per heavy atom. The van der Waals surface area contributed by atoms with Gasteiger partial charge in [-0.15, -0.1) is 0 Å². The number of nitrogens with zero attached hydrogens (tertiary/aromatic N) is 1. The van der Waals surface area contributed by atoms with Gasteiger partial charge in [0.1, 0.15) is 0 Å². The predicted molar refractivity (Wildman–Crippen MR) is 54.7 cm³/mol. The van der Waals surface area contributed by atoms with Crippen LogP contribution in [0.25, 0.3) is 0 Å². The molecule has 0 unspecified atom stereocenters. The van der Waals surface area contributed by atoms with E-state index in [1.165, 1.54) is 44.1 Å². The molecule has 1 aromatic heterocycles. The van der Waals surface area contributed by atoms with Gasteiger partial charge in [0.05, 0.1) is 0 Å². The van der Waals surface area contributed by atoms with Crippen LogP contribution in [0.5, 0.6) is 0 Å². The average Bonchev–Trinajstić information content (AvgIpc) is 2.47. The third-order valence-electron chi connectivity index (χ3n) is 3.03. The minimum atomic E-state index is 0.811. The normalized spacial score (nSPS) is 19.7. The summed E-state index contributed by atoms with van der Waals surface area (Å²) >= 11 is 0. The summed E-state index contributed by atoms with van der Waals surface area (Å²) < 4.78 is 0. The molecule has 0 bridgehead atoms. The van der Waals surface area contributed by atoms with Crippen LogP contribution in [0.15, 0.2) is 24.5 Å². The fraction of sp³-hybridized carbons (Fsp3) is 0.583. The quantitative estimate of drug-likeness (QED) is 0.595. The molecule has 0 amide bonds. The van der Waals surface area contributed by atoms with E-state index < -0.39 is 0 Å². The van der Waals surface area contributed by atoms with Gasteiger partial charge in [0.25, 0.3) is 0 Å². The van der Waals surface area contributed by atoms with Gasteiger partial charge >= 0.3 is 0 Å². The van der Waals surface area contributed by atoms with Crippen LogP contribution in [0.1, 0.15) is 50.0 Å². The Labute approximate surface area is 80.2 Å². The zero-order chi connectivity index (χ0) is 8.93.